The van der Waals surface area contributed by atoms with Crippen LogP contribution in [0.5, 0.6) is 5.75 Å². The van der Waals surface area contributed by atoms with Crippen LogP contribution in [0.1, 0.15) is 43.3 Å². The molecule has 1 amide bonds. The van der Waals surface area contributed by atoms with Crippen molar-refractivity contribution in [2.75, 3.05) is 6.54 Å². The molecule has 5 nitrogen and oxygen atoms in total. The molecule has 0 saturated carbocycles. The molecule has 1 N–H and O–H groups in total. The highest BCUT2D eigenvalue weighted by Crippen LogP contribution is 2.30. The monoisotopic (exact) mass is 615 g/mol. The number of nitrogens with zero attached hydrogens (tertiary/aromatic N) is 2. The molecule has 0 atom stereocenters. The largest absolute Gasteiger partial charge is 0.489 e. The summed E-state index contributed by atoms with van der Waals surface area (Å²) in [4.78, 5) is 19.3. The number of carbonyl (C=O) groups excluding carboxylic acids is 1. The van der Waals surface area contributed by atoms with Crippen molar-refractivity contribution in [3.63, 3.8) is 0 Å². The van der Waals surface area contributed by atoms with Crippen LogP contribution in [0, 0.1) is 0 Å². The van der Waals surface area contributed by atoms with Crippen LogP contribution in [0.4, 0.5) is 13.2 Å². The summed E-state index contributed by atoms with van der Waals surface area (Å²) in [5.74, 6) is 0.476. The molecule has 0 saturated heterocycles. The maximum Gasteiger partial charge on any atom is 0.416 e. The van der Waals surface area contributed by atoms with E-state index in [1.165, 1.54) is 23.5 Å². The van der Waals surface area contributed by atoms with Crippen molar-refractivity contribution in [3.8, 4) is 5.75 Å². The lowest BCUT2D eigenvalue weighted by Crippen LogP contribution is -2.26. The normalized spacial score (nSPS) is 11.5. The second-order valence-corrected chi connectivity index (χ2v) is 11.3. The van der Waals surface area contributed by atoms with Gasteiger partial charge in [-0.15, -0.1) is 11.3 Å². The van der Waals surface area contributed by atoms with Gasteiger partial charge in [-0.25, -0.2) is 4.98 Å². The van der Waals surface area contributed by atoms with Crippen molar-refractivity contribution in [2.24, 2.45) is 0 Å². The predicted molar refractivity (Wildman–Crippen MR) is 166 cm³/mol. The number of halogens is 3. The van der Waals surface area contributed by atoms with Gasteiger partial charge in [-0.3, -0.25) is 9.69 Å². The maximum absolute atomic E-state index is 13.4. The van der Waals surface area contributed by atoms with E-state index in [0.29, 0.717) is 48.9 Å². The highest BCUT2D eigenvalue weighted by molar-refractivity contribution is 7.09. The molecular formula is C35H32F3N3O2S. The number of nitrogens with one attached hydrogen (secondary N) is 1. The average Bonchev–Trinajstić information content (AvgIpc) is 3.50. The fourth-order valence-electron chi connectivity index (χ4n) is 4.70. The first kappa shape index (κ1) is 31.0. The lowest BCUT2D eigenvalue weighted by atomic mass is 10.1. The number of alkyl halides is 3. The zero-order chi connectivity index (χ0) is 30.8. The fourth-order valence-corrected chi connectivity index (χ4v) is 5.51. The van der Waals surface area contributed by atoms with Gasteiger partial charge >= 0.3 is 6.18 Å². The number of hydrogen-bond donors (Lipinski definition) is 1. The van der Waals surface area contributed by atoms with Gasteiger partial charge in [0.2, 0.25) is 0 Å². The Morgan fingerprint density at radius 2 is 1.43 bits per heavy atom. The minimum atomic E-state index is -4.42. The summed E-state index contributed by atoms with van der Waals surface area (Å²) in [6.07, 6.45) is -3.71. The van der Waals surface area contributed by atoms with Crippen LogP contribution in [0.15, 0.2) is 115 Å². The zero-order valence-electron chi connectivity index (χ0n) is 24.0. The first-order valence-electron chi connectivity index (χ1n) is 14.2. The lowest BCUT2D eigenvalue weighted by molar-refractivity contribution is -0.137. The van der Waals surface area contributed by atoms with E-state index < -0.39 is 11.7 Å². The highest BCUT2D eigenvalue weighted by Gasteiger charge is 2.30. The number of thiazole rings is 1. The fraction of sp³-hybridized carbons (Fsp3) is 0.200. The van der Waals surface area contributed by atoms with Crippen molar-refractivity contribution < 1.29 is 22.7 Å². The number of carbonyl (C=O) groups is 1. The Labute approximate surface area is 259 Å². The zero-order valence-corrected chi connectivity index (χ0v) is 24.8. The molecule has 5 aromatic rings. The van der Waals surface area contributed by atoms with Crippen LogP contribution in [-0.2, 0) is 38.8 Å². The van der Waals surface area contributed by atoms with E-state index in [1.54, 1.807) is 11.4 Å². The molecule has 9 heteroatoms. The number of benzene rings is 4. The van der Waals surface area contributed by atoms with Gasteiger partial charge in [0.15, 0.2) is 0 Å². The summed E-state index contributed by atoms with van der Waals surface area (Å²) in [6, 6.07) is 32.8. The summed E-state index contributed by atoms with van der Waals surface area (Å²) in [6.45, 7) is 2.04. The molecule has 5 rings (SSSR count). The third kappa shape index (κ3) is 9.26. The Balaban J connectivity index is 1.25. The van der Waals surface area contributed by atoms with Gasteiger partial charge in [0.1, 0.15) is 23.1 Å². The quantitative estimate of drug-likeness (QED) is 0.146. The van der Waals surface area contributed by atoms with Crippen molar-refractivity contribution in [2.45, 2.75) is 38.8 Å². The molecule has 0 aliphatic rings. The first-order valence-corrected chi connectivity index (χ1v) is 15.1. The van der Waals surface area contributed by atoms with Crippen molar-refractivity contribution in [1.29, 1.82) is 0 Å². The Morgan fingerprint density at radius 1 is 0.773 bits per heavy atom. The Kier molecular flexibility index (Phi) is 10.4. The van der Waals surface area contributed by atoms with Gasteiger partial charge in [-0.1, -0.05) is 91.0 Å². The standard InChI is InChI=1S/C35H32F3N3O2S/c36-35(37,38)30-13-7-12-29(20-30)22-41(21-27-14-16-31(17-15-27)43-24-28-10-5-2-6-11-28)23-33-40-32(25-44-33)34(42)39-19-18-26-8-3-1-4-9-26/h1-17,20,25H,18-19,21-24H2,(H,39,42). The molecule has 4 aromatic carbocycles. The Hall–Kier alpha value is -4.47. The van der Waals surface area contributed by atoms with Crippen LogP contribution in [0.3, 0.4) is 0 Å². The van der Waals surface area contributed by atoms with Crippen LogP contribution >= 0.6 is 11.3 Å². The van der Waals surface area contributed by atoms with E-state index >= 15 is 0 Å². The minimum absolute atomic E-state index is 0.251. The van der Waals surface area contributed by atoms with E-state index in [1.807, 2.05) is 89.8 Å². The van der Waals surface area contributed by atoms with Crippen LogP contribution in [-0.4, -0.2) is 22.3 Å². The highest BCUT2D eigenvalue weighted by atomic mass is 32.1. The molecule has 0 aliphatic carbocycles. The van der Waals surface area contributed by atoms with Gasteiger partial charge in [-0.05, 0) is 46.9 Å². The molecular weight excluding hydrogens is 583 g/mol. The lowest BCUT2D eigenvalue weighted by Gasteiger charge is -2.22. The SMILES string of the molecule is O=C(NCCc1ccccc1)c1csc(CN(Cc2ccc(OCc3ccccc3)cc2)Cc2cccc(C(F)(F)F)c2)n1. The molecule has 226 valence electrons. The Morgan fingerprint density at radius 3 is 2.14 bits per heavy atom. The van der Waals surface area contributed by atoms with Crippen molar-refractivity contribution >= 4 is 17.2 Å². The number of amides is 1. The van der Waals surface area contributed by atoms with Gasteiger partial charge in [0.05, 0.1) is 12.1 Å². The van der Waals surface area contributed by atoms with E-state index in [4.69, 9.17) is 4.74 Å². The molecule has 0 radical (unpaired) electrons. The number of hydrogen-bond acceptors (Lipinski definition) is 5. The van der Waals surface area contributed by atoms with E-state index in [9.17, 15) is 18.0 Å². The summed E-state index contributed by atoms with van der Waals surface area (Å²) in [5.41, 5.74) is 3.36. The Bertz CT molecular complexity index is 1620. The third-order valence-electron chi connectivity index (χ3n) is 6.92. The third-order valence-corrected chi connectivity index (χ3v) is 7.76. The van der Waals surface area contributed by atoms with Gasteiger partial charge < -0.3 is 10.1 Å². The topological polar surface area (TPSA) is 54.5 Å². The predicted octanol–water partition coefficient (Wildman–Crippen LogP) is 7.92. The van der Waals surface area contributed by atoms with Gasteiger partial charge in [-0.2, -0.15) is 13.2 Å². The molecule has 0 aliphatic heterocycles. The van der Waals surface area contributed by atoms with Crippen molar-refractivity contribution in [3.05, 3.63) is 153 Å². The maximum atomic E-state index is 13.4. The van der Waals surface area contributed by atoms with E-state index in [-0.39, 0.29) is 12.5 Å². The molecule has 0 spiro atoms. The van der Waals surface area contributed by atoms with E-state index in [0.717, 1.165) is 28.5 Å². The smallest absolute Gasteiger partial charge is 0.416 e. The molecule has 0 unspecified atom stereocenters. The summed E-state index contributed by atoms with van der Waals surface area (Å²) >= 11 is 1.36. The van der Waals surface area contributed by atoms with Gasteiger partial charge in [0.25, 0.3) is 5.91 Å². The molecule has 1 heterocycles. The van der Waals surface area contributed by atoms with Crippen LogP contribution < -0.4 is 10.1 Å². The van der Waals surface area contributed by atoms with Gasteiger partial charge in [0, 0.05) is 25.0 Å². The second kappa shape index (κ2) is 14.8. The number of ether oxygens (including phenoxy) is 1. The summed E-state index contributed by atoms with van der Waals surface area (Å²) in [7, 11) is 0. The van der Waals surface area contributed by atoms with Crippen LogP contribution in [0.25, 0.3) is 0 Å². The molecule has 0 bridgehead atoms. The number of rotatable bonds is 13. The minimum Gasteiger partial charge on any atom is -0.489 e. The molecule has 0 fully saturated rings. The van der Waals surface area contributed by atoms with Crippen LogP contribution in [0.2, 0.25) is 0 Å². The van der Waals surface area contributed by atoms with Crippen molar-refractivity contribution in [1.82, 2.24) is 15.2 Å². The average molecular weight is 616 g/mol. The molecule has 44 heavy (non-hydrogen) atoms. The van der Waals surface area contributed by atoms with E-state index in [2.05, 4.69) is 10.3 Å². The summed E-state index contributed by atoms with van der Waals surface area (Å²) in [5, 5.41) is 5.33. The first-order chi connectivity index (χ1) is 21.3. The summed E-state index contributed by atoms with van der Waals surface area (Å²) < 4.78 is 46.1. The molecule has 1 aromatic heterocycles. The second-order valence-electron chi connectivity index (χ2n) is 10.4. The number of aromatic nitrogens is 1.